The normalized spacial score (nSPS) is 11.2. The first-order chi connectivity index (χ1) is 66.6. The summed E-state index contributed by atoms with van der Waals surface area (Å²) < 4.78 is 111. The SMILES string of the molecule is CCCCN(CCCC)c1ccc(N=Nc2c(C#N)cc(C)cc2C#N)c(NS(=O)(=O)c2ccccc2)c1.CCCCc1cc(C#N)c(N=Nc2ccc(N(CC)CC)cc2NS(C)(=O)=O)c(C#N)c1.CCN(CC)c1ccc(N=Nc2c(C#N)cc(-c3ccccc3)cc2C#N)c(NS(C)(=O)=O)c1.CCN(CC)c1ccc(N=Nc2c(C#N)cc(C)cc2C#N)c(NS(=O)(=O)c2ccc(C)cc2)c1. The summed E-state index contributed by atoms with van der Waals surface area (Å²) in [5.41, 5.74) is 12.8. The van der Waals surface area contributed by atoms with E-state index >= 15 is 0 Å². The molecule has 0 saturated carbocycles. The van der Waals surface area contributed by atoms with E-state index in [2.05, 4.69) is 137 Å². The highest BCUT2D eigenvalue weighted by Crippen LogP contribution is 2.42. The van der Waals surface area contributed by atoms with Gasteiger partial charge in [0.25, 0.3) is 20.0 Å². The first-order valence-electron chi connectivity index (χ1n) is 44.9. The Labute approximate surface area is 816 Å². The number of nitriles is 8. The second-order valence-corrected chi connectivity index (χ2v) is 38.5. The first-order valence-corrected chi connectivity index (χ1v) is 51.6. The van der Waals surface area contributed by atoms with Gasteiger partial charge in [-0.05, 0) is 261 Å². The van der Waals surface area contributed by atoms with Gasteiger partial charge in [-0.3, -0.25) is 18.9 Å². The lowest BCUT2D eigenvalue weighted by Crippen LogP contribution is -2.25. The van der Waals surface area contributed by atoms with Crippen LogP contribution in [-0.4, -0.2) is 98.5 Å². The van der Waals surface area contributed by atoms with Gasteiger partial charge in [-0.25, -0.2) is 33.7 Å². The summed E-state index contributed by atoms with van der Waals surface area (Å²) in [5.74, 6) is 0. The molecule has 0 amide bonds. The van der Waals surface area contributed by atoms with E-state index < -0.39 is 40.1 Å². The molecule has 0 aliphatic heterocycles. The second kappa shape index (κ2) is 52.1. The molecule has 0 saturated heterocycles. The number of unbranched alkanes of at least 4 members (excludes halogenated alkanes) is 3. The lowest BCUT2D eigenvalue weighted by Gasteiger charge is -2.25. The minimum atomic E-state index is -3.90. The van der Waals surface area contributed by atoms with Crippen LogP contribution in [-0.2, 0) is 46.5 Å². The number of nitrogens with one attached hydrogen (secondary N) is 4. The molecule has 32 nitrogen and oxygen atoms in total. The molecule has 0 radical (unpaired) electrons. The Morgan fingerprint density at radius 1 is 0.281 bits per heavy atom. The summed E-state index contributed by atoms with van der Waals surface area (Å²) in [6.07, 6.45) is 8.96. The number of rotatable bonds is 38. The molecule has 11 aromatic rings. The zero-order chi connectivity index (χ0) is 102. The predicted octanol–water partition coefficient (Wildman–Crippen LogP) is 24.6. The fourth-order valence-electron chi connectivity index (χ4n) is 14.3. The van der Waals surface area contributed by atoms with E-state index in [4.69, 9.17) is 0 Å². The molecular formula is C103H110N24O8S4. The maximum absolute atomic E-state index is 13.2. The van der Waals surface area contributed by atoms with Gasteiger partial charge < -0.3 is 19.6 Å². The molecule has 0 unspecified atom stereocenters. The number of sulfonamides is 4. The molecule has 0 spiro atoms. The Balaban J connectivity index is 0.000000228. The van der Waals surface area contributed by atoms with Crippen LogP contribution in [0.5, 0.6) is 0 Å². The van der Waals surface area contributed by atoms with E-state index in [1.54, 1.807) is 141 Å². The molecule has 0 bridgehead atoms. The standard InChI is InChI=1S/C29H32N6O2S.C26H26N6O2S.C25H24N6O2S.C23H28N6O2S/c1-4-6-15-35(16-7-5-2)25-13-14-27(28(19-25)34-38(36,37)26-11-9-8-10-12-26)32-33-29-23(20-30)17-22(3)18-24(29)21-31;1-5-32(6-2)22-9-12-24(29-30-26-20(16-27)13-19(4)14-21(26)17-28)25(15-22)31-35(33,34)23-10-7-18(3)8-11-23;1-4-31(5-2)22-11-12-23(24(15-22)30-34(3,32)33)28-29-25-20(16-26)13-19(14-21(25)17-27)18-9-7-6-8-10-18;1-5-8-9-17-12-18(15-24)23(19(13-17)16-25)27-26-21-11-10-20(29(6-2)7-3)14-22(21)28-32(4,30)31/h8-14,17-19,34H,4-7,15-16H2,1-3H3;7-15,31H,5-6H2,1-4H3;6-15,30H,4-5H2,1-3H3;10-14,28H,5-9H2,1-4H3. The summed E-state index contributed by atoms with van der Waals surface area (Å²) >= 11 is 0. The van der Waals surface area contributed by atoms with Crippen molar-refractivity contribution in [2.45, 2.75) is 138 Å². The summed E-state index contributed by atoms with van der Waals surface area (Å²) in [7, 11) is -14.9. The monoisotopic (exact) mass is 1940 g/mol. The van der Waals surface area contributed by atoms with Crippen molar-refractivity contribution < 1.29 is 33.7 Å². The number of azo groups is 4. The Morgan fingerprint density at radius 2 is 0.554 bits per heavy atom. The highest BCUT2D eigenvalue weighted by molar-refractivity contribution is 7.93. The fraction of sp³-hybridized carbons (Fsp3) is 0.282. The average molecular weight is 1940 g/mol. The lowest BCUT2D eigenvalue weighted by atomic mass is 9.99. The van der Waals surface area contributed by atoms with Gasteiger partial charge in [-0.1, -0.05) is 106 Å². The number of benzene rings is 11. The maximum Gasteiger partial charge on any atom is 0.261 e. The quantitative estimate of drug-likeness (QED) is 0.0261. The van der Waals surface area contributed by atoms with Crippen LogP contribution in [0.3, 0.4) is 0 Å². The van der Waals surface area contributed by atoms with Gasteiger partial charge in [0, 0.05) is 75.1 Å². The molecule has 0 aliphatic rings. The van der Waals surface area contributed by atoms with Crippen molar-refractivity contribution in [2.75, 3.05) is 103 Å². The van der Waals surface area contributed by atoms with Crippen molar-refractivity contribution in [3.8, 4) is 59.7 Å². The van der Waals surface area contributed by atoms with Crippen molar-refractivity contribution in [2.24, 2.45) is 40.9 Å². The highest BCUT2D eigenvalue weighted by atomic mass is 32.2. The Bertz CT molecular complexity index is 7050. The molecule has 11 rings (SSSR count). The minimum Gasteiger partial charge on any atom is -0.372 e. The molecular weight excluding hydrogens is 1830 g/mol. The van der Waals surface area contributed by atoms with E-state index in [1.165, 1.54) is 24.3 Å². The summed E-state index contributed by atoms with van der Waals surface area (Å²) in [5, 5.41) is 110. The molecule has 0 atom stereocenters. The predicted molar refractivity (Wildman–Crippen MR) is 548 cm³/mol. The van der Waals surface area contributed by atoms with Crippen LogP contribution >= 0.6 is 0 Å². The molecule has 4 N–H and O–H groups in total. The van der Waals surface area contributed by atoms with Gasteiger partial charge in [-0.2, -0.15) is 42.1 Å². The van der Waals surface area contributed by atoms with Gasteiger partial charge in [0.15, 0.2) is 0 Å². The van der Waals surface area contributed by atoms with Crippen molar-refractivity contribution in [3.05, 3.63) is 273 Å². The van der Waals surface area contributed by atoms with Gasteiger partial charge in [0.1, 0.15) is 94.1 Å². The van der Waals surface area contributed by atoms with Gasteiger partial charge in [0.05, 0.1) is 89.6 Å². The van der Waals surface area contributed by atoms with Crippen molar-refractivity contribution >= 4 is 131 Å². The number of hydrogen-bond donors (Lipinski definition) is 4. The number of anilines is 8. The molecule has 139 heavy (non-hydrogen) atoms. The van der Waals surface area contributed by atoms with Crippen LogP contribution in [0.2, 0.25) is 0 Å². The lowest BCUT2D eigenvalue weighted by molar-refractivity contribution is 0.599. The van der Waals surface area contributed by atoms with Gasteiger partial charge in [0.2, 0.25) is 20.0 Å². The third kappa shape index (κ3) is 31.0. The second-order valence-electron chi connectivity index (χ2n) is 31.6. The fourth-order valence-corrected chi connectivity index (χ4v) is 17.5. The third-order valence-electron chi connectivity index (χ3n) is 21.4. The summed E-state index contributed by atoms with van der Waals surface area (Å²) in [6.45, 7) is 30.1. The van der Waals surface area contributed by atoms with Crippen LogP contribution in [0.1, 0.15) is 168 Å². The summed E-state index contributed by atoms with van der Waals surface area (Å²) in [4.78, 5) is 8.71. The molecule has 11 aromatic carbocycles. The van der Waals surface area contributed by atoms with Gasteiger partial charge >= 0.3 is 0 Å². The van der Waals surface area contributed by atoms with Crippen LogP contribution in [0, 0.1) is 111 Å². The van der Waals surface area contributed by atoms with Crippen LogP contribution in [0.15, 0.2) is 257 Å². The van der Waals surface area contributed by atoms with Crippen molar-refractivity contribution in [1.82, 2.24) is 0 Å². The molecule has 0 aliphatic carbocycles. The summed E-state index contributed by atoms with van der Waals surface area (Å²) in [6, 6.07) is 74.8. The van der Waals surface area contributed by atoms with Crippen molar-refractivity contribution in [1.29, 1.82) is 42.1 Å². The molecule has 36 heteroatoms. The molecule has 714 valence electrons. The smallest absolute Gasteiger partial charge is 0.261 e. The maximum atomic E-state index is 13.2. The van der Waals surface area contributed by atoms with E-state index in [-0.39, 0.29) is 123 Å². The number of hydrogen-bond acceptors (Lipinski definition) is 28. The van der Waals surface area contributed by atoms with E-state index in [1.807, 2.05) is 115 Å². The number of nitrogens with zero attached hydrogens (tertiary/aromatic N) is 20. The zero-order valence-electron chi connectivity index (χ0n) is 80.1. The van der Waals surface area contributed by atoms with E-state index in [0.29, 0.717) is 0 Å². The highest BCUT2D eigenvalue weighted by Gasteiger charge is 2.24. The number of aryl methyl sites for hydroxylation is 4. The Morgan fingerprint density at radius 3 is 0.842 bits per heavy atom. The van der Waals surface area contributed by atoms with Crippen molar-refractivity contribution in [3.63, 3.8) is 0 Å². The molecule has 0 aromatic heterocycles. The minimum absolute atomic E-state index is 0.122. The van der Waals surface area contributed by atoms with Crippen LogP contribution in [0.4, 0.5) is 91.0 Å². The first kappa shape index (κ1) is 108. The Hall–Kier alpha value is -16.1. The molecule has 0 heterocycles. The van der Waals surface area contributed by atoms with E-state index in [0.717, 1.165) is 166 Å². The zero-order valence-corrected chi connectivity index (χ0v) is 83.3. The molecule has 0 fully saturated rings. The van der Waals surface area contributed by atoms with Crippen LogP contribution < -0.4 is 38.5 Å². The average Bonchev–Trinajstić information content (AvgIpc) is 0.805. The van der Waals surface area contributed by atoms with Gasteiger partial charge in [-0.15, -0.1) is 40.9 Å². The Kier molecular flexibility index (Phi) is 40.6. The topological polar surface area (TPSA) is 487 Å². The van der Waals surface area contributed by atoms with Crippen LogP contribution in [0.25, 0.3) is 11.1 Å². The largest absolute Gasteiger partial charge is 0.372 e. The third-order valence-corrected chi connectivity index (χ3v) is 25.4. The van der Waals surface area contributed by atoms with E-state index in [9.17, 15) is 75.8 Å².